The SMILES string of the molecule is CC(C)C1COC(=O)N1c1nc(-c2ccc(C#N)cc2)cs1. The molecule has 0 aliphatic carbocycles. The van der Waals surface area contributed by atoms with E-state index in [4.69, 9.17) is 10.00 Å². The second-order valence-electron chi connectivity index (χ2n) is 5.46. The second kappa shape index (κ2) is 5.78. The molecule has 22 heavy (non-hydrogen) atoms. The van der Waals surface area contributed by atoms with E-state index in [0.717, 1.165) is 11.3 Å². The van der Waals surface area contributed by atoms with Crippen molar-refractivity contribution in [2.45, 2.75) is 19.9 Å². The zero-order chi connectivity index (χ0) is 15.7. The molecular weight excluding hydrogens is 298 g/mol. The standard InChI is InChI=1S/C16H15N3O2S/c1-10(2)14-8-21-16(20)19(14)15-18-13(9-22-15)12-5-3-11(7-17)4-6-12/h3-6,9-10,14H,8H2,1-2H3. The van der Waals surface area contributed by atoms with E-state index in [1.807, 2.05) is 17.5 Å². The molecule has 3 rings (SSSR count). The van der Waals surface area contributed by atoms with Crippen LogP contribution in [-0.2, 0) is 4.74 Å². The van der Waals surface area contributed by atoms with E-state index in [0.29, 0.717) is 23.2 Å². The minimum atomic E-state index is -0.334. The summed E-state index contributed by atoms with van der Waals surface area (Å²) < 4.78 is 5.16. The van der Waals surface area contributed by atoms with Crippen LogP contribution < -0.4 is 4.90 Å². The lowest BCUT2D eigenvalue weighted by Gasteiger charge is -2.21. The van der Waals surface area contributed by atoms with E-state index in [1.165, 1.54) is 11.3 Å². The van der Waals surface area contributed by atoms with E-state index in [2.05, 4.69) is 24.9 Å². The molecule has 1 fully saturated rings. The fourth-order valence-corrected chi connectivity index (χ4v) is 3.25. The number of amides is 1. The highest BCUT2D eigenvalue weighted by atomic mass is 32.1. The Kier molecular flexibility index (Phi) is 3.82. The van der Waals surface area contributed by atoms with Gasteiger partial charge in [0.05, 0.1) is 23.4 Å². The highest BCUT2D eigenvalue weighted by Crippen LogP contribution is 2.32. The molecule has 1 atom stereocenters. The Bertz CT molecular complexity index is 731. The number of cyclic esters (lactones) is 1. The third-order valence-corrected chi connectivity index (χ3v) is 4.52. The molecule has 1 aliphatic heterocycles. The summed E-state index contributed by atoms with van der Waals surface area (Å²) in [5.74, 6) is 0.300. The van der Waals surface area contributed by atoms with Crippen molar-refractivity contribution < 1.29 is 9.53 Å². The molecule has 0 spiro atoms. The summed E-state index contributed by atoms with van der Waals surface area (Å²) in [5.41, 5.74) is 2.34. The number of thiazole rings is 1. The van der Waals surface area contributed by atoms with Crippen molar-refractivity contribution in [3.05, 3.63) is 35.2 Å². The van der Waals surface area contributed by atoms with Gasteiger partial charge in [0.15, 0.2) is 5.13 Å². The molecule has 1 aromatic carbocycles. The van der Waals surface area contributed by atoms with Crippen LogP contribution in [0.5, 0.6) is 0 Å². The quantitative estimate of drug-likeness (QED) is 0.867. The number of benzene rings is 1. The predicted molar refractivity (Wildman–Crippen MR) is 84.7 cm³/mol. The van der Waals surface area contributed by atoms with Gasteiger partial charge in [0.25, 0.3) is 0 Å². The monoisotopic (exact) mass is 313 g/mol. The molecule has 1 aliphatic rings. The fraction of sp³-hybridized carbons (Fsp3) is 0.312. The van der Waals surface area contributed by atoms with Crippen LogP contribution in [0.4, 0.5) is 9.93 Å². The molecule has 0 radical (unpaired) electrons. The van der Waals surface area contributed by atoms with E-state index in [-0.39, 0.29) is 12.1 Å². The smallest absolute Gasteiger partial charge is 0.416 e. The van der Waals surface area contributed by atoms with E-state index in [1.54, 1.807) is 17.0 Å². The first-order valence-electron chi connectivity index (χ1n) is 7.02. The van der Waals surface area contributed by atoms with Gasteiger partial charge >= 0.3 is 6.09 Å². The van der Waals surface area contributed by atoms with Crippen molar-refractivity contribution in [3.63, 3.8) is 0 Å². The fourth-order valence-electron chi connectivity index (χ4n) is 2.37. The Labute approximate surface area is 132 Å². The normalized spacial score (nSPS) is 17.6. The van der Waals surface area contributed by atoms with Gasteiger partial charge in [-0.2, -0.15) is 5.26 Å². The molecular formula is C16H15N3O2S. The zero-order valence-corrected chi connectivity index (χ0v) is 13.1. The molecule has 1 amide bonds. The van der Waals surface area contributed by atoms with Gasteiger partial charge in [-0.05, 0) is 18.1 Å². The molecule has 5 nitrogen and oxygen atoms in total. The Hall–Kier alpha value is -2.39. The molecule has 0 N–H and O–H groups in total. The van der Waals surface area contributed by atoms with Crippen LogP contribution >= 0.6 is 11.3 Å². The number of rotatable bonds is 3. The van der Waals surface area contributed by atoms with Crippen LogP contribution in [0.1, 0.15) is 19.4 Å². The maximum Gasteiger partial charge on any atom is 0.416 e. The summed E-state index contributed by atoms with van der Waals surface area (Å²) in [6.45, 7) is 4.53. The second-order valence-corrected chi connectivity index (χ2v) is 6.30. The van der Waals surface area contributed by atoms with Crippen molar-refractivity contribution in [1.29, 1.82) is 5.26 Å². The number of nitriles is 1. The molecule has 1 aromatic heterocycles. The third kappa shape index (κ3) is 2.55. The third-order valence-electron chi connectivity index (χ3n) is 3.68. The van der Waals surface area contributed by atoms with Gasteiger partial charge in [0, 0.05) is 10.9 Å². The number of carbonyl (C=O) groups excluding carboxylic acids is 1. The average molecular weight is 313 g/mol. The molecule has 2 heterocycles. The first kappa shape index (κ1) is 14.5. The number of carbonyl (C=O) groups is 1. The van der Waals surface area contributed by atoms with Crippen molar-refractivity contribution in [1.82, 2.24) is 4.98 Å². The summed E-state index contributed by atoms with van der Waals surface area (Å²) in [6, 6.07) is 9.35. The minimum absolute atomic E-state index is 0.0208. The van der Waals surface area contributed by atoms with Crippen molar-refractivity contribution in [2.24, 2.45) is 5.92 Å². The molecule has 6 heteroatoms. The highest BCUT2D eigenvalue weighted by Gasteiger charge is 2.37. The topological polar surface area (TPSA) is 66.2 Å². The van der Waals surface area contributed by atoms with Gasteiger partial charge in [-0.1, -0.05) is 26.0 Å². The first-order valence-corrected chi connectivity index (χ1v) is 7.90. The molecule has 112 valence electrons. The van der Waals surface area contributed by atoms with E-state index < -0.39 is 0 Å². The van der Waals surface area contributed by atoms with Crippen LogP contribution in [0.15, 0.2) is 29.6 Å². The summed E-state index contributed by atoms with van der Waals surface area (Å²) in [4.78, 5) is 18.2. The summed E-state index contributed by atoms with van der Waals surface area (Å²) in [5, 5.41) is 11.4. The maximum absolute atomic E-state index is 12.0. The largest absolute Gasteiger partial charge is 0.447 e. The Morgan fingerprint density at radius 1 is 1.41 bits per heavy atom. The van der Waals surface area contributed by atoms with Gasteiger partial charge in [-0.3, -0.25) is 0 Å². The lowest BCUT2D eigenvalue weighted by Crippen LogP contribution is -2.37. The lowest BCUT2D eigenvalue weighted by atomic mass is 10.1. The maximum atomic E-state index is 12.0. The summed E-state index contributed by atoms with van der Waals surface area (Å²) in [7, 11) is 0. The predicted octanol–water partition coefficient (Wildman–Crippen LogP) is 3.66. The van der Waals surface area contributed by atoms with Gasteiger partial charge in [0.1, 0.15) is 6.61 Å². The van der Waals surface area contributed by atoms with Crippen molar-refractivity contribution in [2.75, 3.05) is 11.5 Å². The van der Waals surface area contributed by atoms with Crippen LogP contribution in [0.3, 0.4) is 0 Å². The first-order chi connectivity index (χ1) is 10.6. The average Bonchev–Trinajstić information content (AvgIpc) is 3.13. The van der Waals surface area contributed by atoms with Crippen molar-refractivity contribution in [3.8, 4) is 17.3 Å². The van der Waals surface area contributed by atoms with Gasteiger partial charge < -0.3 is 4.74 Å². The molecule has 0 saturated carbocycles. The molecule has 1 unspecified atom stereocenters. The van der Waals surface area contributed by atoms with Crippen LogP contribution in [0.2, 0.25) is 0 Å². The van der Waals surface area contributed by atoms with Crippen molar-refractivity contribution >= 4 is 22.6 Å². The van der Waals surface area contributed by atoms with Crippen LogP contribution in [-0.4, -0.2) is 23.7 Å². The Morgan fingerprint density at radius 3 is 2.77 bits per heavy atom. The zero-order valence-electron chi connectivity index (χ0n) is 12.3. The highest BCUT2D eigenvalue weighted by molar-refractivity contribution is 7.14. The minimum Gasteiger partial charge on any atom is -0.447 e. The van der Waals surface area contributed by atoms with Gasteiger partial charge in [-0.15, -0.1) is 11.3 Å². The number of nitrogens with zero attached hydrogens (tertiary/aromatic N) is 3. The number of anilines is 1. The molecule has 2 aromatic rings. The summed E-state index contributed by atoms with van der Waals surface area (Å²) in [6.07, 6.45) is -0.334. The number of ether oxygens (including phenoxy) is 1. The molecule has 0 bridgehead atoms. The van der Waals surface area contributed by atoms with E-state index in [9.17, 15) is 4.79 Å². The Morgan fingerprint density at radius 2 is 2.14 bits per heavy atom. The van der Waals surface area contributed by atoms with Crippen LogP contribution in [0, 0.1) is 17.2 Å². The lowest BCUT2D eigenvalue weighted by molar-refractivity contribution is 0.177. The summed E-state index contributed by atoms with van der Waals surface area (Å²) >= 11 is 1.43. The number of hydrogen-bond acceptors (Lipinski definition) is 5. The number of aromatic nitrogens is 1. The molecule has 1 saturated heterocycles. The van der Waals surface area contributed by atoms with Gasteiger partial charge in [0.2, 0.25) is 0 Å². The van der Waals surface area contributed by atoms with E-state index >= 15 is 0 Å². The number of hydrogen-bond donors (Lipinski definition) is 0. The van der Waals surface area contributed by atoms with Gasteiger partial charge in [-0.25, -0.2) is 14.7 Å². The van der Waals surface area contributed by atoms with Crippen LogP contribution in [0.25, 0.3) is 11.3 Å². The Balaban J connectivity index is 1.89.